The Kier molecular flexibility index (Phi) is 17.0. The molecule has 0 aromatic carbocycles. The molecule has 0 spiro atoms. The zero-order valence-corrected chi connectivity index (χ0v) is 47.1. The summed E-state index contributed by atoms with van der Waals surface area (Å²) in [5, 5.41) is 0. The second kappa shape index (κ2) is 21.9. The Labute approximate surface area is 446 Å². The lowest BCUT2D eigenvalue weighted by atomic mass is 9.33. The van der Waals surface area contributed by atoms with Crippen LogP contribution in [0.25, 0.3) is 0 Å². The number of esters is 8. The van der Waals surface area contributed by atoms with Gasteiger partial charge in [-0.25, -0.2) is 4.79 Å². The second-order valence-corrected chi connectivity index (χ2v) is 24.6. The van der Waals surface area contributed by atoms with Gasteiger partial charge >= 0.3 is 47.8 Å². The van der Waals surface area contributed by atoms with Crippen molar-refractivity contribution in [3.8, 4) is 0 Å². The van der Waals surface area contributed by atoms with E-state index in [9.17, 15) is 38.4 Å². The van der Waals surface area contributed by atoms with E-state index in [1.807, 2.05) is 0 Å². The number of hydrogen-bond acceptors (Lipinski definition) is 20. The largest absolute Gasteiger partial charge is 0.469 e. The third-order valence-electron chi connectivity index (χ3n) is 19.2. The van der Waals surface area contributed by atoms with Crippen molar-refractivity contribution in [3.63, 3.8) is 0 Å². The molecule has 4 saturated carbocycles. The summed E-state index contributed by atoms with van der Waals surface area (Å²) in [4.78, 5) is 104. The molecule has 2 saturated heterocycles. The third kappa shape index (κ3) is 10.8. The molecule has 7 aliphatic rings. The molecule has 426 valence electrons. The van der Waals surface area contributed by atoms with Gasteiger partial charge in [-0.05, 0) is 109 Å². The number of carbonyl (C=O) groups is 8. The first-order chi connectivity index (χ1) is 35.4. The van der Waals surface area contributed by atoms with Crippen LogP contribution < -0.4 is 0 Å². The Morgan fingerprint density at radius 2 is 1.12 bits per heavy atom. The monoisotopic (exact) mass is 1070 g/mol. The maximum absolute atomic E-state index is 13.9. The maximum atomic E-state index is 13.9. The summed E-state index contributed by atoms with van der Waals surface area (Å²) in [7, 11) is 2.56. The van der Waals surface area contributed by atoms with Crippen LogP contribution in [0, 0.1) is 50.2 Å². The number of allylic oxidation sites excluding steroid dienone is 2. The van der Waals surface area contributed by atoms with Gasteiger partial charge in [0.1, 0.15) is 12.7 Å². The van der Waals surface area contributed by atoms with E-state index in [-0.39, 0.29) is 45.4 Å². The number of ether oxygens (including phenoxy) is 12. The van der Waals surface area contributed by atoms with Crippen LogP contribution in [0.5, 0.6) is 0 Å². The van der Waals surface area contributed by atoms with Crippen molar-refractivity contribution < 1.29 is 95.2 Å². The van der Waals surface area contributed by atoms with Gasteiger partial charge in [-0.15, -0.1) is 0 Å². The lowest BCUT2D eigenvalue weighted by Gasteiger charge is -2.71. The minimum atomic E-state index is -1.92. The van der Waals surface area contributed by atoms with Gasteiger partial charge in [0.2, 0.25) is 6.29 Å². The first-order valence-corrected chi connectivity index (χ1v) is 26.9. The molecule has 2 heterocycles. The van der Waals surface area contributed by atoms with E-state index in [2.05, 4.69) is 54.5 Å². The molecule has 20 heteroatoms. The number of fused-ring (bicyclic) bond motifs is 7. The molecule has 0 aromatic heterocycles. The molecule has 0 unspecified atom stereocenters. The van der Waals surface area contributed by atoms with E-state index in [1.165, 1.54) is 19.6 Å². The van der Waals surface area contributed by atoms with E-state index in [0.29, 0.717) is 6.42 Å². The zero-order valence-electron chi connectivity index (χ0n) is 47.1. The molecular formula is C56H82O20. The van der Waals surface area contributed by atoms with Crippen molar-refractivity contribution in [2.24, 2.45) is 50.2 Å². The Balaban J connectivity index is 1.28. The molecule has 0 aromatic rings. The van der Waals surface area contributed by atoms with Crippen LogP contribution in [0.15, 0.2) is 11.6 Å². The van der Waals surface area contributed by atoms with Crippen LogP contribution in [-0.4, -0.2) is 136 Å². The average molecular weight is 1080 g/mol. The fourth-order valence-electron chi connectivity index (χ4n) is 15.7. The molecule has 6 fully saturated rings. The van der Waals surface area contributed by atoms with Gasteiger partial charge in [-0.2, -0.15) is 0 Å². The van der Waals surface area contributed by atoms with E-state index in [0.717, 1.165) is 99.5 Å². The van der Waals surface area contributed by atoms with E-state index >= 15 is 0 Å². The van der Waals surface area contributed by atoms with Crippen LogP contribution in [0.2, 0.25) is 0 Å². The first kappa shape index (κ1) is 59.0. The molecule has 0 amide bonds. The van der Waals surface area contributed by atoms with Crippen molar-refractivity contribution in [1.82, 2.24) is 0 Å². The van der Waals surface area contributed by atoms with Gasteiger partial charge in [-0.1, -0.05) is 60.1 Å². The molecule has 2 aliphatic heterocycles. The predicted molar refractivity (Wildman–Crippen MR) is 265 cm³/mol. The van der Waals surface area contributed by atoms with Crippen LogP contribution in [-0.2, 0) is 95.2 Å². The van der Waals surface area contributed by atoms with Gasteiger partial charge in [0.25, 0.3) is 0 Å². The van der Waals surface area contributed by atoms with Gasteiger partial charge in [0, 0.05) is 41.5 Å². The second-order valence-electron chi connectivity index (χ2n) is 24.6. The normalized spacial score (nSPS) is 41.0. The first-order valence-electron chi connectivity index (χ1n) is 26.9. The minimum absolute atomic E-state index is 0.0802. The van der Waals surface area contributed by atoms with Crippen molar-refractivity contribution in [1.29, 1.82) is 0 Å². The van der Waals surface area contributed by atoms with E-state index < -0.39 is 127 Å². The Bertz CT molecular complexity index is 2310. The van der Waals surface area contributed by atoms with Crippen LogP contribution in [0.3, 0.4) is 0 Å². The average Bonchev–Trinajstić information content (AvgIpc) is 3.31. The van der Waals surface area contributed by atoms with E-state index in [4.69, 9.17) is 56.8 Å². The highest BCUT2D eigenvalue weighted by Gasteiger charge is 2.70. The van der Waals surface area contributed by atoms with Crippen molar-refractivity contribution in [2.75, 3.05) is 20.8 Å². The Morgan fingerprint density at radius 3 is 1.70 bits per heavy atom. The standard InChI is InChI=1S/C56H82O20/c1-28(57)67-27-36-40(68-29(2)58)41(69-30(3)59)46(76-49-45(72-33(6)62)43(71-32(5)61)42(70-31(4)60)44(75-49)47(63)65-14)48(73-36)74-39-19-20-53(11)37(52(39,9)10)18-21-55(13)38(53)17-16-34-35-26-51(7,8)22-24-56(35,50(64)66-15)25-23-54(34,55)12/h16,35-46,48-49H,17-27H2,1-15H3/t35-,36+,37-,38+,39-,40-,41-,42-,43-,44-,45+,46+,48+,49-,53-,54+,55+,56-/m0/s1. The smallest absolute Gasteiger partial charge is 0.339 e. The fraction of sp³-hybridized carbons (Fsp3) is 0.821. The van der Waals surface area contributed by atoms with E-state index in [1.54, 1.807) is 0 Å². The molecule has 18 atom stereocenters. The zero-order chi connectivity index (χ0) is 56.2. The predicted octanol–water partition coefficient (Wildman–Crippen LogP) is 6.58. The summed E-state index contributed by atoms with van der Waals surface area (Å²) in [5.74, 6) is -5.86. The van der Waals surface area contributed by atoms with Gasteiger partial charge in [0.05, 0.1) is 25.7 Å². The summed E-state index contributed by atoms with van der Waals surface area (Å²) >= 11 is 0. The molecule has 20 nitrogen and oxygen atoms in total. The Morgan fingerprint density at radius 1 is 0.566 bits per heavy atom. The van der Waals surface area contributed by atoms with Gasteiger partial charge < -0.3 is 56.8 Å². The van der Waals surface area contributed by atoms with Gasteiger partial charge in [-0.3, -0.25) is 33.6 Å². The molecule has 0 radical (unpaired) electrons. The van der Waals surface area contributed by atoms with Crippen molar-refractivity contribution in [3.05, 3.63) is 11.6 Å². The van der Waals surface area contributed by atoms with Crippen LogP contribution >= 0.6 is 0 Å². The van der Waals surface area contributed by atoms with Crippen LogP contribution in [0.4, 0.5) is 0 Å². The summed E-state index contributed by atoms with van der Waals surface area (Å²) in [5.41, 5.74) is -0.0746. The molecule has 7 rings (SSSR count). The Hall–Kier alpha value is -4.66. The summed E-state index contributed by atoms with van der Waals surface area (Å²) in [6.07, 6.45) is -6.55. The SMILES string of the molecule is COC(=O)[C@H]1O[C@@H](O[C@H]2[C@@H](O[C@H]3CC[C@]4(C)[C@H]5CC=C6[C@@H]7CC(C)(C)CC[C@]7(C(=O)OC)CC[C@@]6(C)[C@]5(C)CC[C@H]4C3(C)C)O[C@H](COC(C)=O)[C@H](OC(C)=O)[C@@H]2OC(C)=O)[C@H](OC(C)=O)[C@@H](OC(C)=O)[C@@H]1OC(C)=O. The number of hydrogen-bond donors (Lipinski definition) is 0. The lowest BCUT2D eigenvalue weighted by Crippen LogP contribution is -2.68. The molecular weight excluding hydrogens is 993 g/mol. The highest BCUT2D eigenvalue weighted by molar-refractivity contribution is 5.79. The minimum Gasteiger partial charge on any atom is -0.469 e. The molecule has 5 aliphatic carbocycles. The lowest BCUT2D eigenvalue weighted by molar-refractivity contribution is -0.376. The summed E-state index contributed by atoms with van der Waals surface area (Å²) < 4.78 is 71.3. The highest BCUT2D eigenvalue weighted by Crippen LogP contribution is 2.76. The maximum Gasteiger partial charge on any atom is 0.339 e. The van der Waals surface area contributed by atoms with Crippen LogP contribution in [0.1, 0.15) is 154 Å². The molecule has 0 N–H and O–H groups in total. The quantitative estimate of drug-likeness (QED) is 0.0818. The highest BCUT2D eigenvalue weighted by atomic mass is 16.8. The van der Waals surface area contributed by atoms with Crippen molar-refractivity contribution in [2.45, 2.75) is 222 Å². The molecule has 76 heavy (non-hydrogen) atoms. The van der Waals surface area contributed by atoms with Gasteiger partial charge in [0.15, 0.2) is 49.0 Å². The topological polar surface area (TPSA) is 247 Å². The fourth-order valence-corrected chi connectivity index (χ4v) is 15.7. The van der Waals surface area contributed by atoms with Crippen molar-refractivity contribution >= 4 is 47.8 Å². The number of methoxy groups -OCH3 is 2. The summed E-state index contributed by atoms with van der Waals surface area (Å²) in [6.45, 7) is 22.4. The summed E-state index contributed by atoms with van der Waals surface area (Å²) in [6, 6.07) is 0. The number of rotatable bonds is 13. The molecule has 0 bridgehead atoms. The number of carbonyl (C=O) groups excluding carboxylic acids is 8. The third-order valence-corrected chi connectivity index (χ3v) is 19.2.